The van der Waals surface area contributed by atoms with Crippen molar-refractivity contribution in [3.8, 4) is 0 Å². The third-order valence-corrected chi connectivity index (χ3v) is 6.90. The molecule has 160 valence electrons. The number of carbonyl (C=O) groups is 4. The number of rotatable bonds is 6. The molecule has 2 heterocycles. The Bertz CT molecular complexity index is 864. The van der Waals surface area contributed by atoms with E-state index in [0.717, 1.165) is 47.9 Å². The number of amides is 5. The van der Waals surface area contributed by atoms with Crippen LogP contribution in [0, 0.1) is 5.92 Å². The molecule has 9 heteroatoms. The highest BCUT2D eigenvalue weighted by molar-refractivity contribution is 7.99. The third-order valence-electron chi connectivity index (χ3n) is 5.95. The van der Waals surface area contributed by atoms with Crippen LogP contribution in [0.4, 0.5) is 10.5 Å². The van der Waals surface area contributed by atoms with Gasteiger partial charge in [-0.2, -0.15) is 11.8 Å². The van der Waals surface area contributed by atoms with Crippen molar-refractivity contribution >= 4 is 41.2 Å². The van der Waals surface area contributed by atoms with Crippen molar-refractivity contribution in [3.05, 3.63) is 29.8 Å². The molecule has 2 aliphatic heterocycles. The molecule has 1 atom stereocenters. The summed E-state index contributed by atoms with van der Waals surface area (Å²) in [6.45, 7) is 2.99. The predicted octanol–water partition coefficient (Wildman–Crippen LogP) is 1.46. The number of benzene rings is 1. The molecule has 3 fully saturated rings. The van der Waals surface area contributed by atoms with Crippen molar-refractivity contribution in [1.82, 2.24) is 15.1 Å². The van der Waals surface area contributed by atoms with Gasteiger partial charge < -0.3 is 15.5 Å². The van der Waals surface area contributed by atoms with E-state index in [4.69, 9.17) is 0 Å². The quantitative estimate of drug-likeness (QED) is 0.666. The SMILES string of the molecule is CC1(C2CC2)NC(=O)N(CC(=O)Nc2ccc(CC(=O)N3CCSCC3)cc2)C1=O. The molecule has 0 bridgehead atoms. The van der Waals surface area contributed by atoms with E-state index in [1.807, 2.05) is 28.8 Å². The van der Waals surface area contributed by atoms with E-state index in [-0.39, 0.29) is 24.3 Å². The number of imide groups is 1. The minimum atomic E-state index is -0.890. The summed E-state index contributed by atoms with van der Waals surface area (Å²) >= 11 is 1.86. The van der Waals surface area contributed by atoms with Gasteiger partial charge in [0.15, 0.2) is 0 Å². The lowest BCUT2D eigenvalue weighted by Gasteiger charge is -2.26. The second-order valence-corrected chi connectivity index (χ2v) is 9.44. The monoisotopic (exact) mass is 430 g/mol. The zero-order valence-electron chi connectivity index (χ0n) is 17.0. The normalized spacial score (nSPS) is 24.0. The summed E-state index contributed by atoms with van der Waals surface area (Å²) in [6, 6.07) is 6.56. The van der Waals surface area contributed by atoms with Crippen molar-refractivity contribution in [2.24, 2.45) is 5.92 Å². The van der Waals surface area contributed by atoms with Crippen LogP contribution >= 0.6 is 11.8 Å². The minimum absolute atomic E-state index is 0.115. The van der Waals surface area contributed by atoms with Crippen LogP contribution in [0.1, 0.15) is 25.3 Å². The Hall–Kier alpha value is -2.55. The van der Waals surface area contributed by atoms with Crippen molar-refractivity contribution in [2.45, 2.75) is 31.7 Å². The number of carbonyl (C=O) groups excluding carboxylic acids is 4. The Kier molecular flexibility index (Phi) is 5.73. The highest BCUT2D eigenvalue weighted by Crippen LogP contribution is 2.42. The minimum Gasteiger partial charge on any atom is -0.341 e. The van der Waals surface area contributed by atoms with E-state index in [2.05, 4.69) is 10.6 Å². The van der Waals surface area contributed by atoms with E-state index >= 15 is 0 Å². The lowest BCUT2D eigenvalue weighted by molar-refractivity contribution is -0.134. The van der Waals surface area contributed by atoms with E-state index in [9.17, 15) is 19.2 Å². The van der Waals surface area contributed by atoms with Gasteiger partial charge in [-0.3, -0.25) is 19.3 Å². The van der Waals surface area contributed by atoms with Crippen LogP contribution in [0.15, 0.2) is 24.3 Å². The first-order chi connectivity index (χ1) is 14.4. The number of hydrogen-bond donors (Lipinski definition) is 2. The number of nitrogens with one attached hydrogen (secondary N) is 2. The molecule has 1 unspecified atom stereocenters. The number of nitrogens with zero attached hydrogens (tertiary/aromatic N) is 2. The highest BCUT2D eigenvalue weighted by Gasteiger charge is 2.56. The van der Waals surface area contributed by atoms with Gasteiger partial charge in [0, 0.05) is 30.3 Å². The second-order valence-electron chi connectivity index (χ2n) is 8.21. The average Bonchev–Trinajstić information content (AvgIpc) is 3.56. The molecule has 4 rings (SSSR count). The molecule has 2 saturated heterocycles. The van der Waals surface area contributed by atoms with Crippen LogP contribution in [0.2, 0.25) is 0 Å². The molecular weight excluding hydrogens is 404 g/mol. The van der Waals surface area contributed by atoms with Crippen LogP contribution in [0.3, 0.4) is 0 Å². The summed E-state index contributed by atoms with van der Waals surface area (Å²) in [7, 11) is 0. The van der Waals surface area contributed by atoms with Crippen LogP contribution in [-0.4, -0.2) is 70.2 Å². The fourth-order valence-electron chi connectivity index (χ4n) is 3.95. The van der Waals surface area contributed by atoms with Gasteiger partial charge in [0.1, 0.15) is 12.1 Å². The van der Waals surface area contributed by atoms with E-state index in [1.165, 1.54) is 0 Å². The maximum atomic E-state index is 12.6. The Morgan fingerprint density at radius 2 is 1.83 bits per heavy atom. The van der Waals surface area contributed by atoms with Gasteiger partial charge in [-0.15, -0.1) is 0 Å². The van der Waals surface area contributed by atoms with Crippen molar-refractivity contribution in [3.63, 3.8) is 0 Å². The summed E-state index contributed by atoms with van der Waals surface area (Å²) in [4.78, 5) is 52.4. The van der Waals surface area contributed by atoms with Gasteiger partial charge in [0.2, 0.25) is 11.8 Å². The number of hydrogen-bond acceptors (Lipinski definition) is 5. The standard InChI is InChI=1S/C21H26N4O4S/c1-21(15-4-5-15)19(28)25(20(29)23-21)13-17(26)22-16-6-2-14(3-7-16)12-18(27)24-8-10-30-11-9-24/h2-3,6-7,15H,4-5,8-13H2,1H3,(H,22,26)(H,23,29). The third kappa shape index (κ3) is 4.30. The number of thioether (sulfide) groups is 1. The Labute approximate surface area is 179 Å². The largest absolute Gasteiger partial charge is 0.341 e. The first-order valence-electron chi connectivity index (χ1n) is 10.3. The highest BCUT2D eigenvalue weighted by atomic mass is 32.2. The first kappa shape index (κ1) is 20.7. The smallest absolute Gasteiger partial charge is 0.325 e. The van der Waals surface area contributed by atoms with E-state index < -0.39 is 17.5 Å². The molecular formula is C21H26N4O4S. The Morgan fingerprint density at radius 1 is 1.17 bits per heavy atom. The molecule has 0 aromatic heterocycles. The zero-order valence-corrected chi connectivity index (χ0v) is 17.8. The fraction of sp³-hybridized carbons (Fsp3) is 0.524. The van der Waals surface area contributed by atoms with Crippen LogP contribution < -0.4 is 10.6 Å². The van der Waals surface area contributed by atoms with E-state index in [1.54, 1.807) is 19.1 Å². The van der Waals surface area contributed by atoms with Crippen molar-refractivity contribution in [1.29, 1.82) is 0 Å². The van der Waals surface area contributed by atoms with E-state index in [0.29, 0.717) is 12.1 Å². The van der Waals surface area contributed by atoms with Gasteiger partial charge >= 0.3 is 6.03 Å². The number of anilines is 1. The summed E-state index contributed by atoms with van der Waals surface area (Å²) in [5.41, 5.74) is 0.548. The summed E-state index contributed by atoms with van der Waals surface area (Å²) in [5.74, 6) is 1.45. The fourth-order valence-corrected chi connectivity index (χ4v) is 4.85. The summed E-state index contributed by atoms with van der Waals surface area (Å²) in [5, 5.41) is 5.45. The summed E-state index contributed by atoms with van der Waals surface area (Å²) in [6.07, 6.45) is 2.16. The summed E-state index contributed by atoms with van der Waals surface area (Å²) < 4.78 is 0. The van der Waals surface area contributed by atoms with Crippen LogP contribution in [0.25, 0.3) is 0 Å². The second kappa shape index (κ2) is 8.29. The molecule has 1 aliphatic carbocycles. The van der Waals surface area contributed by atoms with Gasteiger partial charge in [-0.25, -0.2) is 4.79 Å². The Balaban J connectivity index is 1.30. The molecule has 0 radical (unpaired) electrons. The molecule has 1 aromatic rings. The van der Waals surface area contributed by atoms with Crippen molar-refractivity contribution in [2.75, 3.05) is 36.5 Å². The van der Waals surface area contributed by atoms with Crippen LogP contribution in [0.5, 0.6) is 0 Å². The maximum Gasteiger partial charge on any atom is 0.325 e. The topological polar surface area (TPSA) is 98.8 Å². The Morgan fingerprint density at radius 3 is 2.47 bits per heavy atom. The molecule has 8 nitrogen and oxygen atoms in total. The zero-order chi connectivity index (χ0) is 21.3. The maximum absolute atomic E-state index is 12.6. The molecule has 5 amide bonds. The van der Waals surface area contributed by atoms with Gasteiger partial charge in [0.05, 0.1) is 6.42 Å². The molecule has 30 heavy (non-hydrogen) atoms. The lowest BCUT2D eigenvalue weighted by Crippen LogP contribution is -2.46. The molecule has 1 saturated carbocycles. The predicted molar refractivity (Wildman–Crippen MR) is 114 cm³/mol. The van der Waals surface area contributed by atoms with Crippen LogP contribution in [-0.2, 0) is 20.8 Å². The molecule has 1 aromatic carbocycles. The lowest BCUT2D eigenvalue weighted by atomic mass is 9.96. The van der Waals surface area contributed by atoms with Gasteiger partial charge in [-0.05, 0) is 43.4 Å². The van der Waals surface area contributed by atoms with Crippen molar-refractivity contribution < 1.29 is 19.2 Å². The number of urea groups is 1. The molecule has 0 spiro atoms. The first-order valence-corrected chi connectivity index (χ1v) is 11.4. The molecule has 2 N–H and O–H groups in total. The van der Waals surface area contributed by atoms with Gasteiger partial charge in [-0.1, -0.05) is 12.1 Å². The average molecular weight is 431 g/mol. The molecule has 3 aliphatic rings. The van der Waals surface area contributed by atoms with Gasteiger partial charge in [0.25, 0.3) is 5.91 Å².